The number of hydrogen-bond donors (Lipinski definition) is 1. The summed E-state index contributed by atoms with van der Waals surface area (Å²) in [6.07, 6.45) is 7.15. The summed E-state index contributed by atoms with van der Waals surface area (Å²) >= 11 is 0. The SMILES string of the molecule is C/C=C/CN(CC)CC1CCCNC1. The van der Waals surface area contributed by atoms with E-state index in [-0.39, 0.29) is 0 Å². The smallest absolute Gasteiger partial charge is 0.0163 e. The number of piperidine rings is 1. The van der Waals surface area contributed by atoms with E-state index in [4.69, 9.17) is 0 Å². The van der Waals surface area contributed by atoms with E-state index in [2.05, 4.69) is 36.2 Å². The van der Waals surface area contributed by atoms with Gasteiger partial charge in [0.2, 0.25) is 0 Å². The summed E-state index contributed by atoms with van der Waals surface area (Å²) in [5.41, 5.74) is 0. The molecule has 1 aliphatic rings. The molecule has 1 N–H and O–H groups in total. The highest BCUT2D eigenvalue weighted by Gasteiger charge is 2.15. The lowest BCUT2D eigenvalue weighted by Crippen LogP contribution is -2.38. The predicted octanol–water partition coefficient (Wildman–Crippen LogP) is 1.88. The molecular formula is C12H24N2. The average molecular weight is 196 g/mol. The van der Waals surface area contributed by atoms with Crippen molar-refractivity contribution in [3.8, 4) is 0 Å². The van der Waals surface area contributed by atoms with Gasteiger partial charge in [-0.1, -0.05) is 19.1 Å². The molecule has 0 saturated carbocycles. The normalized spacial score (nSPS) is 23.5. The Morgan fingerprint density at radius 1 is 1.50 bits per heavy atom. The number of allylic oxidation sites excluding steroid dienone is 1. The Morgan fingerprint density at radius 3 is 2.93 bits per heavy atom. The minimum atomic E-state index is 0.869. The van der Waals surface area contributed by atoms with E-state index in [9.17, 15) is 0 Å². The number of nitrogens with one attached hydrogen (secondary N) is 1. The van der Waals surface area contributed by atoms with Crippen molar-refractivity contribution in [3.63, 3.8) is 0 Å². The minimum absolute atomic E-state index is 0.869. The Balaban J connectivity index is 2.23. The van der Waals surface area contributed by atoms with Crippen molar-refractivity contribution < 1.29 is 0 Å². The molecule has 1 rings (SSSR count). The molecule has 0 spiro atoms. The van der Waals surface area contributed by atoms with Crippen LogP contribution < -0.4 is 5.32 Å². The van der Waals surface area contributed by atoms with Gasteiger partial charge in [0.15, 0.2) is 0 Å². The Bertz CT molecular complexity index is 160. The number of rotatable bonds is 5. The molecular weight excluding hydrogens is 172 g/mol. The molecule has 1 unspecified atom stereocenters. The molecule has 2 nitrogen and oxygen atoms in total. The summed E-state index contributed by atoms with van der Waals surface area (Å²) in [5, 5.41) is 3.48. The Labute approximate surface area is 88.4 Å². The third-order valence-corrected chi connectivity index (χ3v) is 2.96. The van der Waals surface area contributed by atoms with Gasteiger partial charge in [-0.3, -0.25) is 4.90 Å². The lowest BCUT2D eigenvalue weighted by Gasteiger charge is -2.28. The summed E-state index contributed by atoms with van der Waals surface area (Å²) in [7, 11) is 0. The zero-order chi connectivity index (χ0) is 10.2. The van der Waals surface area contributed by atoms with Crippen LogP contribution in [0.4, 0.5) is 0 Å². The van der Waals surface area contributed by atoms with Crippen LogP contribution in [0.15, 0.2) is 12.2 Å². The van der Waals surface area contributed by atoms with Crippen LogP contribution in [0.5, 0.6) is 0 Å². The van der Waals surface area contributed by atoms with Gasteiger partial charge in [-0.25, -0.2) is 0 Å². The largest absolute Gasteiger partial charge is 0.316 e. The van der Waals surface area contributed by atoms with Gasteiger partial charge in [-0.05, 0) is 45.3 Å². The van der Waals surface area contributed by atoms with Crippen molar-refractivity contribution in [1.82, 2.24) is 10.2 Å². The molecule has 0 aromatic carbocycles. The Morgan fingerprint density at radius 2 is 2.36 bits per heavy atom. The summed E-state index contributed by atoms with van der Waals surface area (Å²) in [6, 6.07) is 0. The summed E-state index contributed by atoms with van der Waals surface area (Å²) in [4.78, 5) is 2.53. The van der Waals surface area contributed by atoms with Gasteiger partial charge in [0.25, 0.3) is 0 Å². The summed E-state index contributed by atoms with van der Waals surface area (Å²) < 4.78 is 0. The quantitative estimate of drug-likeness (QED) is 0.675. The second kappa shape index (κ2) is 7.02. The zero-order valence-electron chi connectivity index (χ0n) is 9.63. The Kier molecular flexibility index (Phi) is 5.88. The van der Waals surface area contributed by atoms with Crippen molar-refractivity contribution in [1.29, 1.82) is 0 Å². The third-order valence-electron chi connectivity index (χ3n) is 2.96. The molecule has 1 fully saturated rings. The summed E-state index contributed by atoms with van der Waals surface area (Å²) in [5.74, 6) is 0.869. The van der Waals surface area contributed by atoms with Gasteiger partial charge in [0.1, 0.15) is 0 Å². The highest BCUT2D eigenvalue weighted by Crippen LogP contribution is 2.11. The molecule has 82 valence electrons. The maximum atomic E-state index is 3.48. The standard InChI is InChI=1S/C12H24N2/c1-3-5-9-14(4-2)11-12-7-6-8-13-10-12/h3,5,12-13H,4,6-11H2,1-2H3/b5-3+. The average Bonchev–Trinajstić information content (AvgIpc) is 2.25. The maximum absolute atomic E-state index is 3.48. The van der Waals surface area contributed by atoms with Gasteiger partial charge in [0, 0.05) is 13.1 Å². The monoisotopic (exact) mass is 196 g/mol. The van der Waals surface area contributed by atoms with E-state index in [0.717, 1.165) is 12.5 Å². The first kappa shape index (κ1) is 11.7. The summed E-state index contributed by atoms with van der Waals surface area (Å²) in [6.45, 7) is 10.3. The Hall–Kier alpha value is -0.340. The number of likely N-dealkylation sites (N-methyl/N-ethyl adjacent to an activating group) is 1. The van der Waals surface area contributed by atoms with E-state index < -0.39 is 0 Å². The fraction of sp³-hybridized carbons (Fsp3) is 0.833. The van der Waals surface area contributed by atoms with Crippen molar-refractivity contribution in [2.45, 2.75) is 26.7 Å². The van der Waals surface area contributed by atoms with E-state index in [1.165, 1.54) is 39.0 Å². The maximum Gasteiger partial charge on any atom is 0.0163 e. The van der Waals surface area contributed by atoms with E-state index in [1.54, 1.807) is 0 Å². The molecule has 0 aliphatic carbocycles. The molecule has 1 saturated heterocycles. The van der Waals surface area contributed by atoms with Crippen molar-refractivity contribution in [3.05, 3.63) is 12.2 Å². The first-order valence-corrected chi connectivity index (χ1v) is 5.91. The lowest BCUT2D eigenvalue weighted by atomic mass is 9.99. The number of hydrogen-bond acceptors (Lipinski definition) is 2. The van der Waals surface area contributed by atoms with Crippen LogP contribution in [0.25, 0.3) is 0 Å². The fourth-order valence-corrected chi connectivity index (χ4v) is 2.03. The molecule has 2 heteroatoms. The van der Waals surface area contributed by atoms with Gasteiger partial charge >= 0.3 is 0 Å². The lowest BCUT2D eigenvalue weighted by molar-refractivity contribution is 0.233. The van der Waals surface area contributed by atoms with Gasteiger partial charge in [-0.2, -0.15) is 0 Å². The predicted molar refractivity (Wildman–Crippen MR) is 62.5 cm³/mol. The molecule has 0 amide bonds. The molecule has 1 atom stereocenters. The molecule has 0 radical (unpaired) electrons. The van der Waals surface area contributed by atoms with Gasteiger partial charge in [-0.15, -0.1) is 0 Å². The van der Waals surface area contributed by atoms with Crippen LogP contribution >= 0.6 is 0 Å². The fourth-order valence-electron chi connectivity index (χ4n) is 2.03. The molecule has 0 aromatic heterocycles. The van der Waals surface area contributed by atoms with Crippen molar-refractivity contribution in [2.75, 3.05) is 32.7 Å². The first-order valence-electron chi connectivity index (χ1n) is 5.91. The molecule has 0 aromatic rings. The first-order chi connectivity index (χ1) is 6.86. The molecule has 0 bridgehead atoms. The molecule has 1 heterocycles. The van der Waals surface area contributed by atoms with Crippen LogP contribution in [-0.2, 0) is 0 Å². The van der Waals surface area contributed by atoms with E-state index in [0.29, 0.717) is 0 Å². The van der Waals surface area contributed by atoms with Crippen molar-refractivity contribution >= 4 is 0 Å². The van der Waals surface area contributed by atoms with E-state index >= 15 is 0 Å². The highest BCUT2D eigenvalue weighted by atomic mass is 15.1. The number of nitrogens with zero attached hydrogens (tertiary/aromatic N) is 1. The van der Waals surface area contributed by atoms with Crippen molar-refractivity contribution in [2.24, 2.45) is 5.92 Å². The topological polar surface area (TPSA) is 15.3 Å². The molecule has 1 aliphatic heterocycles. The second-order valence-corrected chi connectivity index (χ2v) is 4.13. The molecule has 14 heavy (non-hydrogen) atoms. The third kappa shape index (κ3) is 4.25. The van der Waals surface area contributed by atoms with E-state index in [1.807, 2.05) is 0 Å². The van der Waals surface area contributed by atoms with Crippen LogP contribution in [0.2, 0.25) is 0 Å². The van der Waals surface area contributed by atoms with Gasteiger partial charge < -0.3 is 5.32 Å². The zero-order valence-corrected chi connectivity index (χ0v) is 9.63. The van der Waals surface area contributed by atoms with Crippen LogP contribution in [-0.4, -0.2) is 37.6 Å². The minimum Gasteiger partial charge on any atom is -0.316 e. The van der Waals surface area contributed by atoms with Crippen LogP contribution in [0.3, 0.4) is 0 Å². The van der Waals surface area contributed by atoms with Crippen LogP contribution in [0.1, 0.15) is 26.7 Å². The van der Waals surface area contributed by atoms with Crippen LogP contribution in [0, 0.1) is 5.92 Å². The second-order valence-electron chi connectivity index (χ2n) is 4.13. The van der Waals surface area contributed by atoms with Gasteiger partial charge in [0.05, 0.1) is 0 Å². The highest BCUT2D eigenvalue weighted by molar-refractivity contribution is 4.82.